The predicted molar refractivity (Wildman–Crippen MR) is 111 cm³/mol. The Hall–Kier alpha value is -2.85. The number of methoxy groups -OCH3 is 1. The van der Waals surface area contributed by atoms with Crippen molar-refractivity contribution in [2.75, 3.05) is 12.8 Å². The highest BCUT2D eigenvalue weighted by Crippen LogP contribution is 2.30. The van der Waals surface area contributed by atoms with Gasteiger partial charge in [0.15, 0.2) is 9.99 Å². The second-order valence-electron chi connectivity index (χ2n) is 5.99. The number of nitrogens with two attached hydrogens (primary N) is 1. The first kappa shape index (κ1) is 18.5. The number of hydrogen-bond acceptors (Lipinski definition) is 8. The number of rotatable bonds is 6. The molecule has 4 rings (SSSR count). The molecule has 144 valence electrons. The van der Waals surface area contributed by atoms with Gasteiger partial charge in [-0.2, -0.15) is 0 Å². The number of ether oxygens (including phenoxy) is 1. The third-order valence-corrected chi connectivity index (χ3v) is 6.16. The number of H-pyrrole nitrogens is 1. The van der Waals surface area contributed by atoms with E-state index in [0.717, 1.165) is 33.3 Å². The third-order valence-electron chi connectivity index (χ3n) is 4.24. The molecule has 0 amide bonds. The number of anilines is 1. The summed E-state index contributed by atoms with van der Waals surface area (Å²) in [6.07, 6.45) is 0.748. The zero-order valence-corrected chi connectivity index (χ0v) is 16.9. The van der Waals surface area contributed by atoms with Crippen LogP contribution in [0.3, 0.4) is 0 Å². The first-order valence-corrected chi connectivity index (χ1v) is 10.4. The summed E-state index contributed by atoms with van der Waals surface area (Å²) in [7, 11) is 1.63. The van der Waals surface area contributed by atoms with Crippen LogP contribution in [0.15, 0.2) is 39.5 Å². The number of aromatic amines is 1. The van der Waals surface area contributed by atoms with Gasteiger partial charge in [-0.05, 0) is 24.1 Å². The molecule has 0 spiro atoms. The van der Waals surface area contributed by atoms with Gasteiger partial charge in [-0.15, -0.1) is 10.2 Å². The fourth-order valence-electron chi connectivity index (χ4n) is 2.94. The summed E-state index contributed by atoms with van der Waals surface area (Å²) in [5, 5.41) is 11.4. The van der Waals surface area contributed by atoms with E-state index in [9.17, 15) is 4.79 Å². The zero-order valence-electron chi connectivity index (χ0n) is 15.3. The van der Waals surface area contributed by atoms with Gasteiger partial charge in [0.2, 0.25) is 5.13 Å². The smallest absolute Gasteiger partial charge is 0.272 e. The van der Waals surface area contributed by atoms with Gasteiger partial charge in [-0.1, -0.05) is 42.2 Å². The Balaban J connectivity index is 1.77. The topological polar surface area (TPSA) is 111 Å². The molecule has 0 bridgehead atoms. The summed E-state index contributed by atoms with van der Waals surface area (Å²) in [5.41, 5.74) is 9.62. The molecule has 3 N–H and O–H groups in total. The molecule has 0 fully saturated rings. The first-order chi connectivity index (χ1) is 13.6. The van der Waals surface area contributed by atoms with Crippen LogP contribution >= 0.6 is 23.1 Å². The third kappa shape index (κ3) is 3.48. The van der Waals surface area contributed by atoms with Crippen molar-refractivity contribution in [2.24, 2.45) is 0 Å². The van der Waals surface area contributed by atoms with Crippen molar-refractivity contribution in [3.63, 3.8) is 0 Å². The van der Waals surface area contributed by atoms with Gasteiger partial charge >= 0.3 is 0 Å². The molecule has 8 nitrogen and oxygen atoms in total. The number of aryl methyl sites for hydroxylation is 1. The Morgan fingerprint density at radius 2 is 2.07 bits per heavy atom. The molecule has 28 heavy (non-hydrogen) atoms. The number of thioether (sulfide) groups is 1. The Morgan fingerprint density at radius 3 is 2.71 bits per heavy atom. The number of aromatic nitrogens is 5. The van der Waals surface area contributed by atoms with Crippen molar-refractivity contribution in [3.8, 4) is 16.9 Å². The van der Waals surface area contributed by atoms with E-state index < -0.39 is 0 Å². The average Bonchev–Trinajstić information content (AvgIpc) is 3.30. The van der Waals surface area contributed by atoms with Gasteiger partial charge < -0.3 is 10.5 Å². The van der Waals surface area contributed by atoms with Crippen LogP contribution in [0.2, 0.25) is 0 Å². The highest BCUT2D eigenvalue weighted by molar-refractivity contribution is 8.00. The fraction of sp³-hybridized carbons (Fsp3) is 0.222. The fourth-order valence-corrected chi connectivity index (χ4v) is 4.47. The van der Waals surface area contributed by atoms with E-state index in [1.807, 2.05) is 31.2 Å². The maximum atomic E-state index is 12.6. The molecular formula is C18H18N6O2S2. The number of benzene rings is 1. The molecule has 0 radical (unpaired) electrons. The highest BCUT2D eigenvalue weighted by atomic mass is 32.2. The van der Waals surface area contributed by atoms with Crippen molar-refractivity contribution in [3.05, 3.63) is 52.1 Å². The minimum absolute atomic E-state index is 0.146. The Labute approximate surface area is 168 Å². The van der Waals surface area contributed by atoms with Gasteiger partial charge in [-0.3, -0.25) is 9.89 Å². The van der Waals surface area contributed by atoms with Crippen molar-refractivity contribution in [1.29, 1.82) is 0 Å². The summed E-state index contributed by atoms with van der Waals surface area (Å²) >= 11 is 2.77. The van der Waals surface area contributed by atoms with Crippen LogP contribution in [-0.4, -0.2) is 31.9 Å². The lowest BCUT2D eigenvalue weighted by Gasteiger charge is -2.05. The second-order valence-corrected chi connectivity index (χ2v) is 8.22. The predicted octanol–water partition coefficient (Wildman–Crippen LogP) is 2.99. The molecule has 0 aliphatic carbocycles. The number of nitrogens with zero attached hydrogens (tertiary/aromatic N) is 4. The number of nitrogen functional groups attached to an aromatic ring is 1. The van der Waals surface area contributed by atoms with E-state index in [0.29, 0.717) is 22.2 Å². The largest absolute Gasteiger partial charge is 0.497 e. The van der Waals surface area contributed by atoms with Crippen LogP contribution in [-0.2, 0) is 12.2 Å². The van der Waals surface area contributed by atoms with Crippen LogP contribution in [0.25, 0.3) is 16.8 Å². The van der Waals surface area contributed by atoms with Gasteiger partial charge in [0.25, 0.3) is 5.56 Å². The first-order valence-electron chi connectivity index (χ1n) is 8.58. The molecule has 4 aromatic rings. The highest BCUT2D eigenvalue weighted by Gasteiger charge is 2.16. The van der Waals surface area contributed by atoms with E-state index in [1.165, 1.54) is 33.7 Å². The summed E-state index contributed by atoms with van der Waals surface area (Å²) in [4.78, 5) is 17.4. The van der Waals surface area contributed by atoms with Crippen molar-refractivity contribution >= 4 is 33.9 Å². The summed E-state index contributed by atoms with van der Waals surface area (Å²) < 4.78 is 7.49. The monoisotopic (exact) mass is 414 g/mol. The zero-order chi connectivity index (χ0) is 19.7. The Bertz CT molecular complexity index is 1180. The van der Waals surface area contributed by atoms with E-state index in [-0.39, 0.29) is 5.56 Å². The molecule has 0 unspecified atom stereocenters. The van der Waals surface area contributed by atoms with E-state index in [1.54, 1.807) is 7.11 Å². The second kappa shape index (κ2) is 7.64. The van der Waals surface area contributed by atoms with E-state index in [2.05, 4.69) is 15.3 Å². The van der Waals surface area contributed by atoms with E-state index >= 15 is 0 Å². The maximum absolute atomic E-state index is 12.6. The number of hydrogen-bond donors (Lipinski definition) is 2. The van der Waals surface area contributed by atoms with Crippen LogP contribution in [0, 0.1) is 0 Å². The van der Waals surface area contributed by atoms with E-state index in [4.69, 9.17) is 15.5 Å². The van der Waals surface area contributed by atoms with Crippen LogP contribution in [0.5, 0.6) is 5.75 Å². The van der Waals surface area contributed by atoms with Crippen molar-refractivity contribution < 1.29 is 4.74 Å². The van der Waals surface area contributed by atoms with Gasteiger partial charge in [0.05, 0.1) is 12.8 Å². The lowest BCUT2D eigenvalue weighted by molar-refractivity contribution is 0.415. The van der Waals surface area contributed by atoms with Crippen molar-refractivity contribution in [1.82, 2.24) is 24.8 Å². The Morgan fingerprint density at radius 1 is 1.29 bits per heavy atom. The molecular weight excluding hydrogens is 396 g/mol. The molecule has 0 saturated heterocycles. The molecule has 3 heterocycles. The summed E-state index contributed by atoms with van der Waals surface area (Å²) in [6.45, 7) is 2.04. The van der Waals surface area contributed by atoms with Crippen LogP contribution < -0.4 is 16.0 Å². The molecule has 0 aliphatic rings. The molecule has 0 saturated carbocycles. The molecule has 10 heteroatoms. The lowest BCUT2D eigenvalue weighted by atomic mass is 10.0. The lowest BCUT2D eigenvalue weighted by Crippen LogP contribution is -2.15. The Kier molecular flexibility index (Phi) is 5.05. The average molecular weight is 415 g/mol. The molecule has 0 aliphatic heterocycles. The minimum Gasteiger partial charge on any atom is -0.497 e. The van der Waals surface area contributed by atoms with Gasteiger partial charge in [0, 0.05) is 23.1 Å². The molecule has 3 aromatic heterocycles. The standard InChI is InChI=1S/C18H18N6O2S2/c1-3-13-15(10-4-6-12(26-2)7-5-10)16-20-11(8-14(25)24(16)23-13)9-27-18-22-21-17(19)28-18/h4-8,23H,3,9H2,1-2H3,(H2,19,21). The van der Waals surface area contributed by atoms with Gasteiger partial charge in [0.1, 0.15) is 5.75 Å². The molecule has 0 atom stereocenters. The van der Waals surface area contributed by atoms with Gasteiger partial charge in [-0.25, -0.2) is 9.50 Å². The number of fused-ring (bicyclic) bond motifs is 1. The van der Waals surface area contributed by atoms with Crippen LogP contribution in [0.4, 0.5) is 5.13 Å². The van der Waals surface area contributed by atoms with Crippen LogP contribution in [0.1, 0.15) is 18.3 Å². The normalized spacial score (nSPS) is 11.2. The maximum Gasteiger partial charge on any atom is 0.272 e. The minimum atomic E-state index is -0.146. The quantitative estimate of drug-likeness (QED) is 0.467. The molecule has 1 aromatic carbocycles. The SMILES string of the molecule is CCc1[nH]n2c(=O)cc(CSc3nnc(N)s3)nc2c1-c1ccc(OC)cc1. The summed E-state index contributed by atoms with van der Waals surface area (Å²) in [6, 6.07) is 9.28. The number of nitrogens with one attached hydrogen (secondary N) is 1. The van der Waals surface area contributed by atoms with Crippen molar-refractivity contribution in [2.45, 2.75) is 23.4 Å². The summed E-state index contributed by atoms with van der Waals surface area (Å²) in [5.74, 6) is 1.29.